The highest BCUT2D eigenvalue weighted by Gasteiger charge is 2.28. The van der Waals surface area contributed by atoms with Crippen molar-refractivity contribution in [2.45, 2.75) is 210 Å². The van der Waals surface area contributed by atoms with Crippen LogP contribution in [-0.2, 0) is 66.5 Å². The third-order valence-corrected chi connectivity index (χ3v) is 19.9. The van der Waals surface area contributed by atoms with Crippen LogP contribution in [0, 0.1) is 0 Å². The van der Waals surface area contributed by atoms with Crippen molar-refractivity contribution >= 4 is 115 Å². The number of carbonyl (C=O) groups is 4. The number of hydrogen-bond donors (Lipinski definition) is 8. The summed E-state index contributed by atoms with van der Waals surface area (Å²) in [6.07, 6.45) is 5.84. The van der Waals surface area contributed by atoms with Gasteiger partial charge in [-0.3, -0.25) is 35.1 Å². The normalized spacial score (nSPS) is 14.1. The van der Waals surface area contributed by atoms with E-state index < -0.39 is 56.2 Å². The predicted molar refractivity (Wildman–Crippen MR) is 492 cm³/mol. The number of carbonyl (C=O) groups excluding carboxylic acids is 4. The van der Waals surface area contributed by atoms with E-state index in [4.69, 9.17) is 63.9 Å². The molecule has 16 aromatic rings. The summed E-state index contributed by atoms with van der Waals surface area (Å²) < 4.78 is 128. The van der Waals surface area contributed by atoms with Gasteiger partial charge < -0.3 is 46.3 Å². The van der Waals surface area contributed by atoms with Gasteiger partial charge in [-0.25, -0.2) is 58.6 Å². The van der Waals surface area contributed by atoms with E-state index in [1.54, 1.807) is 87.8 Å². The Morgan fingerprint density at radius 2 is 0.648 bits per heavy atom. The number of nitrogen functional groups attached to an aromatic ring is 4. The Balaban J connectivity index is 0.000000158. The first-order valence-electron chi connectivity index (χ1n) is 47.2. The van der Waals surface area contributed by atoms with Gasteiger partial charge in [-0.1, -0.05) is 201 Å². The zero-order chi connectivity index (χ0) is 103. The fraction of sp³-hybridized carbons (Fsp3) is 0.348. The second-order valence-corrected chi connectivity index (χ2v) is 34.0. The van der Waals surface area contributed by atoms with Gasteiger partial charge in [0.05, 0.1) is 65.7 Å². The van der Waals surface area contributed by atoms with E-state index in [2.05, 4.69) is 97.1 Å². The molecule has 0 radical (unpaired) electrons. The van der Waals surface area contributed by atoms with Gasteiger partial charge in [0.25, 0.3) is 0 Å². The topological polar surface area (TPSA) is 499 Å². The highest BCUT2D eigenvalue weighted by Crippen LogP contribution is 2.38. The lowest BCUT2D eigenvalue weighted by Gasteiger charge is -2.12. The van der Waals surface area contributed by atoms with Gasteiger partial charge in [0, 0.05) is 109 Å². The summed E-state index contributed by atoms with van der Waals surface area (Å²) in [7, 11) is 0. The van der Waals surface area contributed by atoms with Crippen molar-refractivity contribution in [3.63, 3.8) is 0 Å². The van der Waals surface area contributed by atoms with Crippen molar-refractivity contribution in [2.24, 2.45) is 0 Å². The molecule has 1 atom stereocenters. The van der Waals surface area contributed by atoms with E-state index in [9.17, 15) is 19.2 Å². The van der Waals surface area contributed by atoms with Crippen LogP contribution < -0.4 is 44.2 Å². The molecule has 4 aromatic carbocycles. The number of nitrogens with zero attached hydrogens (tertiary/aromatic N) is 20. The van der Waals surface area contributed by atoms with Crippen LogP contribution in [0.4, 0.5) is 46.7 Å². The van der Waals surface area contributed by atoms with Crippen LogP contribution in [0.25, 0.3) is 89.2 Å². The second-order valence-electron chi connectivity index (χ2n) is 34.0. The summed E-state index contributed by atoms with van der Waals surface area (Å²) >= 11 is 0. The average Bonchev–Trinajstić information content (AvgIpc) is 1.74. The Bertz CT molecular complexity index is 7220. The Morgan fingerprint density at radius 1 is 0.359 bits per heavy atom. The molecule has 12 N–H and O–H groups in total. The van der Waals surface area contributed by atoms with Crippen LogP contribution >= 0.6 is 0 Å². The number of benzene rings is 4. The molecule has 0 aliphatic heterocycles. The Kier molecular flexibility index (Phi) is 21.5. The summed E-state index contributed by atoms with van der Waals surface area (Å²) in [4.78, 5) is 83.6. The molecule has 1 unspecified atom stereocenters. The second kappa shape index (κ2) is 37.0. The van der Waals surface area contributed by atoms with Crippen LogP contribution in [-0.4, -0.2) is 123 Å². The van der Waals surface area contributed by atoms with Crippen molar-refractivity contribution in [1.29, 1.82) is 0 Å². The van der Waals surface area contributed by atoms with Crippen LogP contribution in [0.5, 0.6) is 0 Å². The third kappa shape index (κ3) is 21.0. The molecule has 0 saturated heterocycles. The van der Waals surface area contributed by atoms with Crippen LogP contribution in [0.2, 0.25) is 0 Å². The first-order valence-corrected chi connectivity index (χ1v) is 40.7. The highest BCUT2D eigenvalue weighted by molar-refractivity contribution is 6.02. The summed E-state index contributed by atoms with van der Waals surface area (Å²) in [6, 6.07) is 33.4. The molecule has 36 heteroatoms. The summed E-state index contributed by atoms with van der Waals surface area (Å²) in [5.41, 5.74) is 32.0. The number of anilines is 8. The molecule has 0 aliphatic rings. The Hall–Kier alpha value is -15.0. The lowest BCUT2D eigenvalue weighted by atomic mass is 9.92. The van der Waals surface area contributed by atoms with Gasteiger partial charge in [0.2, 0.25) is 41.3 Å². The van der Waals surface area contributed by atoms with Crippen molar-refractivity contribution in [3.8, 4) is 45.0 Å². The first kappa shape index (κ1) is 74.4. The highest BCUT2D eigenvalue weighted by atomic mass is 16.5. The van der Waals surface area contributed by atoms with E-state index in [1.807, 2.05) is 135 Å². The molecule has 0 fully saturated rings. The van der Waals surface area contributed by atoms with Crippen molar-refractivity contribution < 1.29 is 55.1 Å². The maximum absolute atomic E-state index is 12.6. The minimum absolute atomic E-state index is 0.0292. The van der Waals surface area contributed by atoms with Crippen molar-refractivity contribution in [3.05, 3.63) is 192 Å². The van der Waals surface area contributed by atoms with E-state index >= 15 is 0 Å². The van der Waals surface area contributed by atoms with E-state index in [-0.39, 0.29) is 95.3 Å². The zero-order valence-electron chi connectivity index (χ0n) is 86.4. The number of amides is 4. The molecule has 0 bridgehead atoms. The lowest BCUT2D eigenvalue weighted by molar-refractivity contribution is -0.116. The maximum atomic E-state index is 12.6. The first-order chi connectivity index (χ1) is 65.8. The summed E-state index contributed by atoms with van der Waals surface area (Å²) in [5, 5.41) is 46.9. The van der Waals surface area contributed by atoms with Crippen LogP contribution in [0.3, 0.4) is 0 Å². The number of fused-ring (bicyclic) bond motifs is 4. The molecule has 36 nitrogen and oxygen atoms in total. The molecule has 664 valence electrons. The Morgan fingerprint density at radius 3 is 0.930 bits per heavy atom. The van der Waals surface area contributed by atoms with Crippen LogP contribution in [0.1, 0.15) is 225 Å². The van der Waals surface area contributed by atoms with Crippen molar-refractivity contribution in [2.75, 3.05) is 44.2 Å². The van der Waals surface area contributed by atoms with Gasteiger partial charge in [0.1, 0.15) is 77.1 Å². The fourth-order valence-corrected chi connectivity index (χ4v) is 13.2. The SMILES string of the molecule is [2H]C(C)(C)n1nc(-c2ccc(CC(=O)Nc3cc(C(C)(C)C)no3)cc2)c2c(N)ncnc21.[2H]C([2H])([2H])C(C)(C)c1cc(NC(=O)Cc2ccc(-c3nn(C(C)C)c4ncnc(N)c34)cc2)on1.[2H]C([2H])([2H])C(C)(c1cc(NC(=O)Cc2ccc(-c3nn(C(C)C)c4ncnc(N)c34)cc2)on1)C([2H])([2H])[2H].[2H]C([2H])([2H])C(C)n1nc(-c2ccc(CC(=O)Nc3cc(C(C)(C)C)on3)cc2)c2c(N)ncnc21. The number of nitrogens with two attached hydrogens (primary N) is 4. The zero-order valence-corrected chi connectivity index (χ0v) is 73.4. The van der Waals surface area contributed by atoms with Gasteiger partial charge in [-0.15, -0.1) is 0 Å². The molecule has 0 saturated carbocycles. The van der Waals surface area contributed by atoms with Gasteiger partial charge in [-0.05, 0) is 77.6 Å². The summed E-state index contributed by atoms with van der Waals surface area (Å²) in [6.45, 7) is 18.9. The standard InChI is InChI=1S/4C23H27N7O2/c1-13(2)30-22-19(21(24)25-12-26-22)20(28-30)15-8-6-14(7-9-15)10-18(31)27-17-11-16(32-29-17)23(3,4)5;3*1-13(2)30-22-19(21(24)25-12-26-22)20(28-30)15-8-6-14(7-9-15)10-17(31)27-18-11-16(29-32-18)23(3,4)5/h6-9,11-13H,10H2,1-5H3,(H2,24,25,26)(H,27,29,31);3*6-9,11-13H,10H2,1-5H3,(H,27,31)(H2,24,25,26)/i1D3;3D3,4D3;13D;3D3. The minimum Gasteiger partial charge on any atom is -0.383 e. The molecular formula is C92H108N28O8. The number of rotatable bonds is 20. The molecular weight excluding hydrogens is 1630 g/mol. The fourth-order valence-electron chi connectivity index (χ4n) is 13.2. The number of aromatic nitrogens is 20. The smallest absolute Gasteiger partial charge is 0.231 e. The van der Waals surface area contributed by atoms with E-state index in [1.165, 1.54) is 40.7 Å². The van der Waals surface area contributed by atoms with Crippen LogP contribution in [0.15, 0.2) is 165 Å². The van der Waals surface area contributed by atoms with Gasteiger partial charge in [-0.2, -0.15) is 20.4 Å². The largest absolute Gasteiger partial charge is 0.383 e. The number of hydrogen-bond acceptors (Lipinski definition) is 28. The molecule has 128 heavy (non-hydrogen) atoms. The molecule has 4 amide bonds. The number of nitrogens with one attached hydrogen (secondary N) is 4. The van der Waals surface area contributed by atoms with Crippen molar-refractivity contribution in [1.82, 2.24) is 99.6 Å². The maximum Gasteiger partial charge on any atom is 0.231 e. The molecule has 0 aliphatic carbocycles. The van der Waals surface area contributed by atoms with Gasteiger partial charge >= 0.3 is 0 Å². The molecule has 12 aromatic heterocycles. The third-order valence-electron chi connectivity index (χ3n) is 19.9. The predicted octanol–water partition coefficient (Wildman–Crippen LogP) is 16.5. The minimum atomic E-state index is -2.88. The molecule has 12 heterocycles. The lowest BCUT2D eigenvalue weighted by Crippen LogP contribution is -2.14. The van der Waals surface area contributed by atoms with E-state index in [0.717, 1.165) is 52.1 Å². The van der Waals surface area contributed by atoms with E-state index in [0.29, 0.717) is 113 Å². The average molecular weight is 1750 g/mol. The van der Waals surface area contributed by atoms with Gasteiger partial charge in [0.15, 0.2) is 28.4 Å². The monoisotopic (exact) mass is 1750 g/mol. The Labute approximate surface area is 756 Å². The molecule has 0 spiro atoms. The quantitative estimate of drug-likeness (QED) is 0.0351. The molecule has 16 rings (SSSR count). The summed E-state index contributed by atoms with van der Waals surface area (Å²) in [5.74, 6) is 1.29.